The summed E-state index contributed by atoms with van der Waals surface area (Å²) in [5.41, 5.74) is 1.90. The number of benzene rings is 1. The van der Waals surface area contributed by atoms with Crippen molar-refractivity contribution < 1.29 is 17.9 Å². The van der Waals surface area contributed by atoms with Crippen molar-refractivity contribution in [2.45, 2.75) is 50.7 Å². The first-order valence-corrected chi connectivity index (χ1v) is 9.01. The minimum Gasteiger partial charge on any atom is -0.365 e. The Kier molecular flexibility index (Phi) is 4.60. The van der Waals surface area contributed by atoms with Gasteiger partial charge in [0.15, 0.2) is 0 Å². The summed E-state index contributed by atoms with van der Waals surface area (Å²) in [6.07, 6.45) is 1.19. The second-order valence-electron chi connectivity index (χ2n) is 5.37. The summed E-state index contributed by atoms with van der Waals surface area (Å²) in [5.74, 6) is -0.202. The standard InChI is InChI=1S/C14H18ClNO4S/c1-8-6-11(21(15,18)19)7-9(2)13(8)16-14(17)12-5-4-10(3)20-12/h6-7,10,12H,4-5H2,1-3H3,(H,16,17). The van der Waals surface area contributed by atoms with Crippen LogP contribution in [0.15, 0.2) is 17.0 Å². The summed E-state index contributed by atoms with van der Waals surface area (Å²) in [4.78, 5) is 12.2. The summed E-state index contributed by atoms with van der Waals surface area (Å²) >= 11 is 0. The van der Waals surface area contributed by atoms with Gasteiger partial charge in [-0.05, 0) is 56.9 Å². The molecule has 1 heterocycles. The quantitative estimate of drug-likeness (QED) is 0.864. The van der Waals surface area contributed by atoms with Crippen molar-refractivity contribution in [2.24, 2.45) is 0 Å². The zero-order chi connectivity index (χ0) is 15.8. The molecule has 1 aromatic rings. The van der Waals surface area contributed by atoms with E-state index in [2.05, 4.69) is 5.32 Å². The Labute approximate surface area is 129 Å². The first-order valence-electron chi connectivity index (χ1n) is 6.70. The lowest BCUT2D eigenvalue weighted by molar-refractivity contribution is -0.126. The average Bonchev–Trinajstić information content (AvgIpc) is 2.79. The third-order valence-electron chi connectivity index (χ3n) is 3.56. The van der Waals surface area contributed by atoms with Gasteiger partial charge >= 0.3 is 0 Å². The fraction of sp³-hybridized carbons (Fsp3) is 0.500. The van der Waals surface area contributed by atoms with Crippen molar-refractivity contribution in [1.29, 1.82) is 0 Å². The lowest BCUT2D eigenvalue weighted by Crippen LogP contribution is -2.28. The number of aryl methyl sites for hydroxylation is 2. The van der Waals surface area contributed by atoms with Gasteiger partial charge in [0.1, 0.15) is 6.10 Å². The summed E-state index contributed by atoms with van der Waals surface area (Å²) < 4.78 is 28.3. The highest BCUT2D eigenvalue weighted by atomic mass is 35.7. The van der Waals surface area contributed by atoms with Gasteiger partial charge < -0.3 is 10.1 Å². The SMILES string of the molecule is Cc1cc(S(=O)(=O)Cl)cc(C)c1NC(=O)C1CCC(C)O1. The molecule has 0 saturated carbocycles. The van der Waals surface area contributed by atoms with Gasteiger partial charge in [-0.3, -0.25) is 4.79 Å². The summed E-state index contributed by atoms with van der Waals surface area (Å²) in [6, 6.07) is 2.89. The fourth-order valence-electron chi connectivity index (χ4n) is 2.46. The third kappa shape index (κ3) is 3.75. The molecule has 0 spiro atoms. The molecule has 2 unspecified atom stereocenters. The number of rotatable bonds is 3. The molecule has 1 amide bonds. The molecule has 21 heavy (non-hydrogen) atoms. The number of ether oxygens (including phenoxy) is 1. The van der Waals surface area contributed by atoms with Crippen LogP contribution in [-0.2, 0) is 18.6 Å². The molecule has 1 saturated heterocycles. The molecule has 5 nitrogen and oxygen atoms in total. The van der Waals surface area contributed by atoms with Gasteiger partial charge in [-0.15, -0.1) is 0 Å². The lowest BCUT2D eigenvalue weighted by atomic mass is 10.1. The summed E-state index contributed by atoms with van der Waals surface area (Å²) in [7, 11) is 1.56. The van der Waals surface area contributed by atoms with Crippen LogP contribution in [0.2, 0.25) is 0 Å². The smallest absolute Gasteiger partial charge is 0.261 e. The number of hydrogen-bond acceptors (Lipinski definition) is 4. The molecule has 0 aromatic heterocycles. The first-order chi connectivity index (χ1) is 9.68. The third-order valence-corrected chi connectivity index (χ3v) is 4.89. The van der Waals surface area contributed by atoms with Crippen LogP contribution < -0.4 is 5.32 Å². The average molecular weight is 332 g/mol. The maximum Gasteiger partial charge on any atom is 0.261 e. The number of carbonyl (C=O) groups excluding carboxylic acids is 1. The van der Waals surface area contributed by atoms with E-state index in [1.807, 2.05) is 6.92 Å². The number of nitrogens with one attached hydrogen (secondary N) is 1. The van der Waals surface area contributed by atoms with Crippen molar-refractivity contribution in [1.82, 2.24) is 0 Å². The van der Waals surface area contributed by atoms with E-state index in [0.29, 0.717) is 23.2 Å². The maximum atomic E-state index is 12.2. The number of anilines is 1. The largest absolute Gasteiger partial charge is 0.365 e. The van der Waals surface area contributed by atoms with Crippen LogP contribution >= 0.6 is 10.7 Å². The van der Waals surface area contributed by atoms with Gasteiger partial charge in [0.25, 0.3) is 15.0 Å². The van der Waals surface area contributed by atoms with Crippen LogP contribution in [0, 0.1) is 13.8 Å². The Morgan fingerprint density at radius 2 is 1.86 bits per heavy atom. The first kappa shape index (κ1) is 16.3. The van der Waals surface area contributed by atoms with Crippen LogP contribution in [0.4, 0.5) is 5.69 Å². The maximum absolute atomic E-state index is 12.2. The predicted octanol–water partition coefficient (Wildman–Crippen LogP) is 2.74. The highest BCUT2D eigenvalue weighted by molar-refractivity contribution is 8.13. The predicted molar refractivity (Wildman–Crippen MR) is 81.2 cm³/mol. The van der Waals surface area contributed by atoms with Crippen LogP contribution in [0.3, 0.4) is 0 Å². The van der Waals surface area contributed by atoms with Crippen LogP contribution in [0.25, 0.3) is 0 Å². The van der Waals surface area contributed by atoms with Gasteiger partial charge in [0, 0.05) is 16.4 Å². The topological polar surface area (TPSA) is 72.5 Å². The van der Waals surface area contributed by atoms with Crippen LogP contribution in [0.5, 0.6) is 0 Å². The minimum atomic E-state index is -3.78. The van der Waals surface area contributed by atoms with Crippen molar-refractivity contribution in [3.63, 3.8) is 0 Å². The highest BCUT2D eigenvalue weighted by Crippen LogP contribution is 2.28. The van der Waals surface area contributed by atoms with Crippen LogP contribution in [-0.4, -0.2) is 26.5 Å². The van der Waals surface area contributed by atoms with Crippen molar-refractivity contribution in [2.75, 3.05) is 5.32 Å². The molecule has 2 rings (SSSR count). The normalized spacial score (nSPS) is 22.3. The molecular formula is C14H18ClNO4S. The van der Waals surface area contributed by atoms with Crippen molar-refractivity contribution in [3.05, 3.63) is 23.3 Å². The Bertz CT molecular complexity index is 649. The Morgan fingerprint density at radius 3 is 2.29 bits per heavy atom. The van der Waals surface area contributed by atoms with Gasteiger partial charge in [-0.25, -0.2) is 8.42 Å². The van der Waals surface area contributed by atoms with E-state index in [4.69, 9.17) is 15.4 Å². The molecule has 1 N–H and O–H groups in total. The Balaban J connectivity index is 2.23. The summed E-state index contributed by atoms with van der Waals surface area (Å²) in [6.45, 7) is 5.39. The minimum absolute atomic E-state index is 0.0305. The zero-order valence-corrected chi connectivity index (χ0v) is 13.7. The molecule has 0 radical (unpaired) electrons. The van der Waals surface area contributed by atoms with E-state index < -0.39 is 15.2 Å². The molecule has 116 valence electrons. The molecule has 2 atom stereocenters. The van der Waals surface area contributed by atoms with E-state index in [9.17, 15) is 13.2 Å². The molecule has 1 fully saturated rings. The zero-order valence-electron chi connectivity index (χ0n) is 12.1. The van der Waals surface area contributed by atoms with E-state index >= 15 is 0 Å². The van der Waals surface area contributed by atoms with Gasteiger partial charge in [-0.2, -0.15) is 0 Å². The molecule has 0 bridgehead atoms. The second-order valence-corrected chi connectivity index (χ2v) is 7.94. The fourth-order valence-corrected chi connectivity index (χ4v) is 3.36. The molecule has 0 aliphatic carbocycles. The second kappa shape index (κ2) is 5.94. The summed E-state index contributed by atoms with van der Waals surface area (Å²) in [5, 5.41) is 2.82. The van der Waals surface area contributed by atoms with Crippen molar-refractivity contribution >= 4 is 31.3 Å². The molecular weight excluding hydrogens is 314 g/mol. The van der Waals surface area contributed by atoms with Gasteiger partial charge in [0.05, 0.1) is 11.0 Å². The highest BCUT2D eigenvalue weighted by Gasteiger charge is 2.28. The molecule has 7 heteroatoms. The number of amides is 1. The Morgan fingerprint density at radius 1 is 1.29 bits per heavy atom. The van der Waals surface area contributed by atoms with Crippen molar-refractivity contribution in [3.8, 4) is 0 Å². The number of halogens is 1. The lowest BCUT2D eigenvalue weighted by Gasteiger charge is -2.16. The van der Waals surface area contributed by atoms with E-state index in [0.717, 1.165) is 6.42 Å². The monoisotopic (exact) mass is 331 g/mol. The van der Waals surface area contributed by atoms with Gasteiger partial charge in [0.2, 0.25) is 0 Å². The van der Waals surface area contributed by atoms with Gasteiger partial charge in [-0.1, -0.05) is 0 Å². The molecule has 1 aromatic carbocycles. The number of hydrogen-bond donors (Lipinski definition) is 1. The Hall–Kier alpha value is -1.11. The van der Waals surface area contributed by atoms with E-state index in [-0.39, 0.29) is 16.9 Å². The molecule has 1 aliphatic rings. The van der Waals surface area contributed by atoms with E-state index in [1.54, 1.807) is 13.8 Å². The number of carbonyl (C=O) groups is 1. The van der Waals surface area contributed by atoms with Crippen LogP contribution in [0.1, 0.15) is 30.9 Å². The molecule has 1 aliphatic heterocycles. The van der Waals surface area contributed by atoms with E-state index in [1.165, 1.54) is 12.1 Å².